The van der Waals surface area contributed by atoms with Gasteiger partial charge >= 0.3 is 11.7 Å². The van der Waals surface area contributed by atoms with Gasteiger partial charge in [0.05, 0.1) is 13.0 Å². The van der Waals surface area contributed by atoms with E-state index in [-0.39, 0.29) is 18.8 Å². The summed E-state index contributed by atoms with van der Waals surface area (Å²) in [6, 6.07) is 5.92. The molecule has 0 radical (unpaired) electrons. The van der Waals surface area contributed by atoms with Crippen molar-refractivity contribution >= 4 is 5.97 Å². The average molecular weight is 290 g/mol. The first-order valence-electron chi connectivity index (χ1n) is 6.41. The molecule has 0 aliphatic rings. The van der Waals surface area contributed by atoms with E-state index in [0.29, 0.717) is 22.5 Å². The molecule has 0 bridgehead atoms. The molecule has 0 spiro atoms. The summed E-state index contributed by atoms with van der Waals surface area (Å²) in [6.07, 6.45) is -0.200. The third-order valence-electron chi connectivity index (χ3n) is 3.33. The fourth-order valence-electron chi connectivity index (χ4n) is 2.25. The summed E-state index contributed by atoms with van der Waals surface area (Å²) >= 11 is 0. The maximum Gasteiger partial charge on any atom is 0.348 e. The lowest BCUT2D eigenvalue weighted by molar-refractivity contribution is -0.136. The van der Waals surface area contributed by atoms with E-state index >= 15 is 0 Å². The summed E-state index contributed by atoms with van der Waals surface area (Å²) in [5.74, 6) is -1.37. The molecule has 0 saturated heterocycles. The van der Waals surface area contributed by atoms with E-state index in [1.807, 2.05) is 0 Å². The quantitative estimate of drug-likeness (QED) is 0.929. The highest BCUT2D eigenvalue weighted by molar-refractivity contribution is 5.70. The van der Waals surface area contributed by atoms with Gasteiger partial charge in [0.2, 0.25) is 0 Å². The van der Waals surface area contributed by atoms with Crippen LogP contribution in [0.3, 0.4) is 0 Å². The number of halogens is 1. The van der Waals surface area contributed by atoms with E-state index in [0.717, 1.165) is 0 Å². The molecule has 2 aromatic rings. The number of carboxylic acids is 1. The zero-order valence-electron chi connectivity index (χ0n) is 11.8. The minimum Gasteiger partial charge on any atom is -0.481 e. The number of carboxylic acid groups (broad SMARTS) is 1. The van der Waals surface area contributed by atoms with Gasteiger partial charge in [-0.25, -0.2) is 9.18 Å². The number of aromatic nitrogens is 2. The Hall–Kier alpha value is -2.50. The van der Waals surface area contributed by atoms with E-state index in [9.17, 15) is 14.0 Å². The van der Waals surface area contributed by atoms with E-state index in [1.54, 1.807) is 26.0 Å². The molecule has 0 amide bonds. The van der Waals surface area contributed by atoms with Gasteiger partial charge in [0, 0.05) is 17.0 Å². The second-order valence-corrected chi connectivity index (χ2v) is 4.83. The normalized spacial score (nSPS) is 10.6. The highest BCUT2D eigenvalue weighted by atomic mass is 19.1. The van der Waals surface area contributed by atoms with Gasteiger partial charge in [-0.15, -0.1) is 0 Å². The van der Waals surface area contributed by atoms with E-state index in [1.165, 1.54) is 16.7 Å². The Morgan fingerprint density at radius 1 is 1.38 bits per heavy atom. The Bertz CT molecular complexity index is 753. The van der Waals surface area contributed by atoms with Crippen molar-refractivity contribution in [3.8, 4) is 0 Å². The van der Waals surface area contributed by atoms with Crippen molar-refractivity contribution in [3.05, 3.63) is 63.1 Å². The molecular formula is C15H15FN2O3. The molecule has 5 nitrogen and oxygen atoms in total. The van der Waals surface area contributed by atoms with Crippen LogP contribution < -0.4 is 5.69 Å². The molecule has 0 saturated carbocycles. The first kappa shape index (κ1) is 14.9. The third-order valence-corrected chi connectivity index (χ3v) is 3.33. The molecule has 0 atom stereocenters. The van der Waals surface area contributed by atoms with Gasteiger partial charge in [0.1, 0.15) is 5.82 Å². The van der Waals surface area contributed by atoms with Crippen LogP contribution in [-0.2, 0) is 17.8 Å². The third kappa shape index (κ3) is 3.34. The minimum atomic E-state index is -0.987. The zero-order valence-corrected chi connectivity index (χ0v) is 11.8. The molecule has 21 heavy (non-hydrogen) atoms. The number of hydrogen-bond donors (Lipinski definition) is 1. The molecule has 0 fully saturated rings. The Morgan fingerprint density at radius 3 is 2.71 bits per heavy atom. The van der Waals surface area contributed by atoms with Gasteiger partial charge < -0.3 is 5.11 Å². The van der Waals surface area contributed by atoms with Gasteiger partial charge in [0.15, 0.2) is 0 Å². The zero-order chi connectivity index (χ0) is 15.6. The summed E-state index contributed by atoms with van der Waals surface area (Å²) in [6.45, 7) is 3.44. The molecule has 110 valence electrons. The second-order valence-electron chi connectivity index (χ2n) is 4.83. The van der Waals surface area contributed by atoms with Crippen molar-refractivity contribution in [1.29, 1.82) is 0 Å². The monoisotopic (exact) mass is 290 g/mol. The molecule has 1 aromatic carbocycles. The molecule has 0 aliphatic carbocycles. The van der Waals surface area contributed by atoms with Gasteiger partial charge in [-0.05, 0) is 31.5 Å². The standard InChI is InChI=1S/C15H15FN2O3/c1-9-13(7-14(19)20)10(2)18(15(21)17-9)8-11-4-3-5-12(16)6-11/h3-6H,7-8H2,1-2H3,(H,19,20). The number of rotatable bonds is 4. The highest BCUT2D eigenvalue weighted by Crippen LogP contribution is 2.12. The smallest absolute Gasteiger partial charge is 0.348 e. The second kappa shape index (κ2) is 5.87. The summed E-state index contributed by atoms with van der Waals surface area (Å²) in [5.41, 5.74) is 1.61. The molecule has 0 unspecified atom stereocenters. The summed E-state index contributed by atoms with van der Waals surface area (Å²) in [5, 5.41) is 8.94. The minimum absolute atomic E-state index is 0.155. The SMILES string of the molecule is Cc1nc(=O)n(Cc2cccc(F)c2)c(C)c1CC(=O)O. The van der Waals surface area contributed by atoms with Crippen molar-refractivity contribution in [2.24, 2.45) is 0 Å². The van der Waals surface area contributed by atoms with Crippen LogP contribution in [0.15, 0.2) is 29.1 Å². The maximum atomic E-state index is 13.2. The molecular weight excluding hydrogens is 275 g/mol. The molecule has 0 aliphatic heterocycles. The van der Waals surface area contributed by atoms with E-state index < -0.39 is 11.7 Å². The number of benzene rings is 1. The van der Waals surface area contributed by atoms with Crippen LogP contribution in [0.25, 0.3) is 0 Å². The van der Waals surface area contributed by atoms with Crippen LogP contribution in [0.1, 0.15) is 22.5 Å². The fourth-order valence-corrected chi connectivity index (χ4v) is 2.25. The average Bonchev–Trinajstić information content (AvgIpc) is 2.39. The number of nitrogens with zero attached hydrogens (tertiary/aromatic N) is 2. The van der Waals surface area contributed by atoms with Crippen LogP contribution >= 0.6 is 0 Å². The van der Waals surface area contributed by atoms with Crippen molar-refractivity contribution in [2.75, 3.05) is 0 Å². The molecule has 1 N–H and O–H groups in total. The van der Waals surface area contributed by atoms with Crippen molar-refractivity contribution < 1.29 is 14.3 Å². The Kier molecular flexibility index (Phi) is 4.16. The number of aryl methyl sites for hydroxylation is 1. The Labute approximate surface area is 120 Å². The molecule has 1 heterocycles. The van der Waals surface area contributed by atoms with Gasteiger partial charge in [-0.1, -0.05) is 12.1 Å². The first-order valence-corrected chi connectivity index (χ1v) is 6.41. The number of hydrogen-bond acceptors (Lipinski definition) is 3. The summed E-state index contributed by atoms with van der Waals surface area (Å²) < 4.78 is 14.6. The largest absolute Gasteiger partial charge is 0.481 e. The fraction of sp³-hybridized carbons (Fsp3) is 0.267. The predicted molar refractivity (Wildman–Crippen MR) is 74.8 cm³/mol. The molecule has 1 aromatic heterocycles. The van der Waals surface area contributed by atoms with Crippen LogP contribution in [0, 0.1) is 19.7 Å². The lowest BCUT2D eigenvalue weighted by Gasteiger charge is -2.14. The lowest BCUT2D eigenvalue weighted by Crippen LogP contribution is -2.29. The molecule has 6 heteroatoms. The van der Waals surface area contributed by atoms with Gasteiger partial charge in [0.25, 0.3) is 0 Å². The maximum absolute atomic E-state index is 13.2. The van der Waals surface area contributed by atoms with Crippen molar-refractivity contribution in [1.82, 2.24) is 9.55 Å². The summed E-state index contributed by atoms with van der Waals surface area (Å²) in [7, 11) is 0. The molecule has 2 rings (SSSR count). The van der Waals surface area contributed by atoms with E-state index in [2.05, 4.69) is 4.98 Å². The number of aliphatic carboxylic acids is 1. The van der Waals surface area contributed by atoms with Crippen molar-refractivity contribution in [2.45, 2.75) is 26.8 Å². The first-order chi connectivity index (χ1) is 9.88. The van der Waals surface area contributed by atoms with Crippen LogP contribution in [0.4, 0.5) is 4.39 Å². The van der Waals surface area contributed by atoms with Crippen LogP contribution in [0.5, 0.6) is 0 Å². The van der Waals surface area contributed by atoms with Crippen LogP contribution in [0.2, 0.25) is 0 Å². The van der Waals surface area contributed by atoms with Crippen LogP contribution in [-0.4, -0.2) is 20.6 Å². The van der Waals surface area contributed by atoms with E-state index in [4.69, 9.17) is 5.11 Å². The van der Waals surface area contributed by atoms with Gasteiger partial charge in [-0.3, -0.25) is 9.36 Å². The highest BCUT2D eigenvalue weighted by Gasteiger charge is 2.14. The summed E-state index contributed by atoms with van der Waals surface area (Å²) in [4.78, 5) is 26.8. The topological polar surface area (TPSA) is 72.2 Å². The predicted octanol–water partition coefficient (Wildman–Crippen LogP) is 1.67. The number of carbonyl (C=O) groups is 1. The Morgan fingerprint density at radius 2 is 2.10 bits per heavy atom. The Balaban J connectivity index is 2.48. The van der Waals surface area contributed by atoms with Gasteiger partial charge in [-0.2, -0.15) is 4.98 Å². The van der Waals surface area contributed by atoms with Crippen molar-refractivity contribution in [3.63, 3.8) is 0 Å². The lowest BCUT2D eigenvalue weighted by atomic mass is 10.1.